The van der Waals surface area contributed by atoms with Gasteiger partial charge in [0.1, 0.15) is 5.60 Å². The van der Waals surface area contributed by atoms with Gasteiger partial charge in [0, 0.05) is 32.8 Å². The number of ether oxygens (including phenoxy) is 3. The Kier molecular flexibility index (Phi) is 8.75. The lowest BCUT2D eigenvalue weighted by molar-refractivity contribution is 0.00965. The predicted molar refractivity (Wildman–Crippen MR) is 86.1 cm³/mol. The lowest BCUT2D eigenvalue weighted by Crippen LogP contribution is -2.50. The van der Waals surface area contributed by atoms with Crippen molar-refractivity contribution in [1.29, 1.82) is 0 Å². The standard InChI is InChI=1S/C16H32N2O4/c1-16(2,3)22-15(19)18-9-6-5-7-14(18)13-17-8-10-21-12-11-20-4/h14,17H,5-13H2,1-4H3. The highest BCUT2D eigenvalue weighted by Gasteiger charge is 2.29. The van der Waals surface area contributed by atoms with E-state index in [1.807, 2.05) is 25.7 Å². The Balaban J connectivity index is 2.28. The van der Waals surface area contributed by atoms with Crippen LogP contribution >= 0.6 is 0 Å². The molecule has 0 aromatic heterocycles. The average Bonchev–Trinajstić information content (AvgIpc) is 2.45. The van der Waals surface area contributed by atoms with Gasteiger partial charge in [-0.2, -0.15) is 0 Å². The van der Waals surface area contributed by atoms with Crippen molar-refractivity contribution in [2.75, 3.05) is 46.6 Å². The first-order valence-electron chi connectivity index (χ1n) is 8.21. The third-order valence-corrected chi connectivity index (χ3v) is 3.49. The zero-order valence-corrected chi connectivity index (χ0v) is 14.5. The molecule has 0 aliphatic carbocycles. The summed E-state index contributed by atoms with van der Waals surface area (Å²) in [7, 11) is 1.66. The number of methoxy groups -OCH3 is 1. The fraction of sp³-hybridized carbons (Fsp3) is 0.938. The Bertz CT molecular complexity index is 318. The molecule has 0 aromatic carbocycles. The monoisotopic (exact) mass is 316 g/mol. The molecule has 1 aliphatic heterocycles. The molecule has 1 atom stereocenters. The SMILES string of the molecule is COCCOCCNCC1CCCCN1C(=O)OC(C)(C)C. The van der Waals surface area contributed by atoms with Crippen LogP contribution in [0.3, 0.4) is 0 Å². The molecule has 1 saturated heterocycles. The van der Waals surface area contributed by atoms with E-state index in [9.17, 15) is 4.79 Å². The van der Waals surface area contributed by atoms with Gasteiger partial charge in [-0.15, -0.1) is 0 Å². The normalized spacial score (nSPS) is 19.3. The molecule has 0 aromatic rings. The minimum absolute atomic E-state index is 0.199. The van der Waals surface area contributed by atoms with Crippen LogP contribution in [0.25, 0.3) is 0 Å². The molecule has 130 valence electrons. The second-order valence-electron chi connectivity index (χ2n) is 6.63. The van der Waals surface area contributed by atoms with Crippen LogP contribution in [0.4, 0.5) is 4.79 Å². The van der Waals surface area contributed by atoms with Gasteiger partial charge >= 0.3 is 6.09 Å². The lowest BCUT2D eigenvalue weighted by atomic mass is 10.0. The van der Waals surface area contributed by atoms with Gasteiger partial charge < -0.3 is 24.4 Å². The van der Waals surface area contributed by atoms with E-state index in [-0.39, 0.29) is 12.1 Å². The summed E-state index contributed by atoms with van der Waals surface area (Å²) >= 11 is 0. The van der Waals surface area contributed by atoms with E-state index in [0.717, 1.165) is 38.9 Å². The summed E-state index contributed by atoms with van der Waals surface area (Å²) in [5, 5.41) is 3.36. The summed E-state index contributed by atoms with van der Waals surface area (Å²) in [5.41, 5.74) is -0.443. The summed E-state index contributed by atoms with van der Waals surface area (Å²) < 4.78 is 15.8. The van der Waals surface area contributed by atoms with Gasteiger partial charge in [-0.05, 0) is 40.0 Å². The maximum Gasteiger partial charge on any atom is 0.410 e. The summed E-state index contributed by atoms with van der Waals surface area (Å²) in [6.07, 6.45) is 3.04. The zero-order valence-electron chi connectivity index (χ0n) is 14.5. The van der Waals surface area contributed by atoms with E-state index >= 15 is 0 Å². The van der Waals surface area contributed by atoms with Crippen molar-refractivity contribution in [2.24, 2.45) is 0 Å². The highest BCUT2D eigenvalue weighted by molar-refractivity contribution is 5.68. The largest absolute Gasteiger partial charge is 0.444 e. The van der Waals surface area contributed by atoms with Gasteiger partial charge in [-0.25, -0.2) is 4.79 Å². The van der Waals surface area contributed by atoms with Gasteiger partial charge in [0.25, 0.3) is 0 Å². The second-order valence-corrected chi connectivity index (χ2v) is 6.63. The van der Waals surface area contributed by atoms with Crippen molar-refractivity contribution in [3.63, 3.8) is 0 Å². The molecule has 0 saturated carbocycles. The van der Waals surface area contributed by atoms with E-state index in [4.69, 9.17) is 14.2 Å². The first kappa shape index (κ1) is 19.2. The third-order valence-electron chi connectivity index (χ3n) is 3.49. The summed E-state index contributed by atoms with van der Waals surface area (Å²) in [6, 6.07) is 0.211. The zero-order chi connectivity index (χ0) is 16.4. The van der Waals surface area contributed by atoms with Crippen molar-refractivity contribution in [1.82, 2.24) is 10.2 Å². The Morgan fingerprint density at radius 3 is 2.68 bits per heavy atom. The molecule has 1 unspecified atom stereocenters. The van der Waals surface area contributed by atoms with Gasteiger partial charge in [-0.3, -0.25) is 0 Å². The van der Waals surface area contributed by atoms with E-state index in [2.05, 4.69) is 5.32 Å². The van der Waals surface area contributed by atoms with Crippen molar-refractivity contribution in [3.8, 4) is 0 Å². The number of piperidine rings is 1. The molecular formula is C16H32N2O4. The van der Waals surface area contributed by atoms with Gasteiger partial charge in [-0.1, -0.05) is 0 Å². The van der Waals surface area contributed by atoms with Crippen molar-refractivity contribution in [3.05, 3.63) is 0 Å². The molecule has 0 radical (unpaired) electrons. The van der Waals surface area contributed by atoms with E-state index in [1.54, 1.807) is 7.11 Å². The van der Waals surface area contributed by atoms with Crippen LogP contribution in [0.15, 0.2) is 0 Å². The van der Waals surface area contributed by atoms with Crippen molar-refractivity contribution >= 4 is 6.09 Å². The van der Waals surface area contributed by atoms with Gasteiger partial charge in [0.05, 0.1) is 19.8 Å². The minimum Gasteiger partial charge on any atom is -0.444 e. The van der Waals surface area contributed by atoms with Crippen molar-refractivity contribution < 1.29 is 19.0 Å². The summed E-state index contributed by atoms with van der Waals surface area (Å²) in [6.45, 7) is 9.95. The topological polar surface area (TPSA) is 60.0 Å². The quantitative estimate of drug-likeness (QED) is 0.694. The maximum atomic E-state index is 12.3. The average molecular weight is 316 g/mol. The maximum absolute atomic E-state index is 12.3. The first-order chi connectivity index (χ1) is 10.4. The molecule has 0 spiro atoms. The van der Waals surface area contributed by atoms with Crippen LogP contribution in [-0.2, 0) is 14.2 Å². The number of carbonyl (C=O) groups is 1. The smallest absolute Gasteiger partial charge is 0.410 e. The molecular weight excluding hydrogens is 284 g/mol. The molecule has 1 amide bonds. The second kappa shape index (κ2) is 10.0. The number of hydrogen-bond donors (Lipinski definition) is 1. The summed E-state index contributed by atoms with van der Waals surface area (Å²) in [5.74, 6) is 0. The molecule has 1 rings (SSSR count). The Morgan fingerprint density at radius 1 is 1.23 bits per heavy atom. The van der Waals surface area contributed by atoms with E-state index in [0.29, 0.717) is 19.8 Å². The fourth-order valence-corrected chi connectivity index (χ4v) is 2.43. The lowest BCUT2D eigenvalue weighted by Gasteiger charge is -2.36. The number of hydrogen-bond acceptors (Lipinski definition) is 5. The molecule has 1 N–H and O–H groups in total. The number of likely N-dealkylation sites (tertiary alicyclic amines) is 1. The minimum atomic E-state index is -0.443. The molecule has 6 heteroatoms. The molecule has 6 nitrogen and oxygen atoms in total. The number of carbonyl (C=O) groups excluding carboxylic acids is 1. The van der Waals surface area contributed by atoms with Crippen LogP contribution in [0.1, 0.15) is 40.0 Å². The molecule has 22 heavy (non-hydrogen) atoms. The van der Waals surface area contributed by atoms with Crippen LogP contribution in [0.2, 0.25) is 0 Å². The van der Waals surface area contributed by atoms with E-state index in [1.165, 1.54) is 0 Å². The van der Waals surface area contributed by atoms with Crippen LogP contribution in [0.5, 0.6) is 0 Å². The first-order valence-corrected chi connectivity index (χ1v) is 8.21. The molecule has 1 heterocycles. The highest BCUT2D eigenvalue weighted by atomic mass is 16.6. The predicted octanol–water partition coefficient (Wildman–Crippen LogP) is 2.03. The molecule has 1 aliphatic rings. The van der Waals surface area contributed by atoms with Crippen LogP contribution < -0.4 is 5.32 Å². The van der Waals surface area contributed by atoms with Crippen LogP contribution in [-0.4, -0.2) is 69.2 Å². The Morgan fingerprint density at radius 2 is 2.00 bits per heavy atom. The third kappa shape index (κ3) is 7.96. The number of rotatable bonds is 8. The number of amides is 1. The fourth-order valence-electron chi connectivity index (χ4n) is 2.43. The van der Waals surface area contributed by atoms with Gasteiger partial charge in [0.15, 0.2) is 0 Å². The Labute approximate surface area is 134 Å². The summed E-state index contributed by atoms with van der Waals surface area (Å²) in [4.78, 5) is 14.1. The molecule has 1 fully saturated rings. The molecule has 0 bridgehead atoms. The highest BCUT2D eigenvalue weighted by Crippen LogP contribution is 2.19. The Hall–Kier alpha value is -0.850. The van der Waals surface area contributed by atoms with Gasteiger partial charge in [0.2, 0.25) is 0 Å². The number of nitrogens with zero attached hydrogens (tertiary/aromatic N) is 1. The van der Waals surface area contributed by atoms with E-state index < -0.39 is 5.60 Å². The van der Waals surface area contributed by atoms with Crippen molar-refractivity contribution in [2.45, 2.75) is 51.7 Å². The van der Waals surface area contributed by atoms with Crippen LogP contribution in [0, 0.1) is 0 Å². The number of nitrogens with one attached hydrogen (secondary N) is 1.